The Bertz CT molecular complexity index is 806. The average Bonchev–Trinajstić information content (AvgIpc) is 3.19. The Kier molecular flexibility index (Phi) is 4.74. The van der Waals surface area contributed by atoms with E-state index in [9.17, 15) is 4.79 Å². The van der Waals surface area contributed by atoms with Gasteiger partial charge in [0.15, 0.2) is 0 Å². The zero-order valence-electron chi connectivity index (χ0n) is 13.9. The van der Waals surface area contributed by atoms with Gasteiger partial charge in [-0.15, -0.1) is 0 Å². The molecule has 6 nitrogen and oxygen atoms in total. The van der Waals surface area contributed by atoms with E-state index in [0.717, 1.165) is 17.0 Å². The molecule has 124 valence electrons. The summed E-state index contributed by atoms with van der Waals surface area (Å²) in [7, 11) is 0. The minimum absolute atomic E-state index is 0.00923. The van der Waals surface area contributed by atoms with E-state index in [0.29, 0.717) is 18.5 Å². The SMILES string of the molecule is Cc1cc(CC(C)NC(=O)c2cccc(Cn3cccn3)c2)n[nH]1. The molecule has 1 unspecified atom stereocenters. The van der Waals surface area contributed by atoms with Gasteiger partial charge < -0.3 is 5.32 Å². The highest BCUT2D eigenvalue weighted by Gasteiger charge is 2.12. The number of aryl methyl sites for hydroxylation is 1. The van der Waals surface area contributed by atoms with Crippen molar-refractivity contribution in [2.24, 2.45) is 0 Å². The molecule has 3 rings (SSSR count). The molecule has 1 amide bonds. The van der Waals surface area contributed by atoms with Gasteiger partial charge in [0, 0.05) is 36.1 Å². The summed E-state index contributed by atoms with van der Waals surface area (Å²) in [5.74, 6) is -0.0722. The minimum atomic E-state index is -0.0722. The number of hydrogen-bond donors (Lipinski definition) is 2. The van der Waals surface area contributed by atoms with Gasteiger partial charge in [-0.1, -0.05) is 12.1 Å². The number of nitrogens with one attached hydrogen (secondary N) is 2. The van der Waals surface area contributed by atoms with E-state index in [4.69, 9.17) is 0 Å². The van der Waals surface area contributed by atoms with E-state index >= 15 is 0 Å². The number of aromatic nitrogens is 4. The summed E-state index contributed by atoms with van der Waals surface area (Å²) < 4.78 is 1.83. The molecule has 0 aliphatic rings. The van der Waals surface area contributed by atoms with Crippen LogP contribution in [-0.4, -0.2) is 31.9 Å². The summed E-state index contributed by atoms with van der Waals surface area (Å²) in [6.07, 6.45) is 4.35. The fraction of sp³-hybridized carbons (Fsp3) is 0.278. The van der Waals surface area contributed by atoms with E-state index in [1.807, 2.05) is 61.1 Å². The third kappa shape index (κ3) is 4.10. The van der Waals surface area contributed by atoms with Crippen LogP contribution in [0.1, 0.15) is 34.2 Å². The van der Waals surface area contributed by atoms with Gasteiger partial charge in [0.1, 0.15) is 0 Å². The van der Waals surface area contributed by atoms with E-state index < -0.39 is 0 Å². The highest BCUT2D eigenvalue weighted by molar-refractivity contribution is 5.94. The Morgan fingerprint density at radius 3 is 2.92 bits per heavy atom. The molecule has 1 aromatic carbocycles. The number of carbonyl (C=O) groups is 1. The van der Waals surface area contributed by atoms with Crippen LogP contribution in [0.3, 0.4) is 0 Å². The number of hydrogen-bond acceptors (Lipinski definition) is 3. The maximum absolute atomic E-state index is 12.4. The predicted octanol–water partition coefficient (Wildman–Crippen LogP) is 2.32. The van der Waals surface area contributed by atoms with Crippen molar-refractivity contribution >= 4 is 5.91 Å². The molecule has 2 aromatic heterocycles. The van der Waals surface area contributed by atoms with E-state index in [2.05, 4.69) is 20.6 Å². The summed E-state index contributed by atoms with van der Waals surface area (Å²) >= 11 is 0. The molecule has 0 saturated carbocycles. The van der Waals surface area contributed by atoms with Crippen molar-refractivity contribution in [1.29, 1.82) is 0 Å². The van der Waals surface area contributed by atoms with Crippen LogP contribution in [0.4, 0.5) is 0 Å². The Hall–Kier alpha value is -2.89. The first-order valence-corrected chi connectivity index (χ1v) is 7.98. The largest absolute Gasteiger partial charge is 0.349 e. The van der Waals surface area contributed by atoms with Crippen LogP contribution < -0.4 is 5.32 Å². The smallest absolute Gasteiger partial charge is 0.251 e. The van der Waals surface area contributed by atoms with Crippen molar-refractivity contribution in [3.05, 3.63) is 71.3 Å². The molecule has 0 saturated heterocycles. The lowest BCUT2D eigenvalue weighted by Crippen LogP contribution is -2.34. The lowest BCUT2D eigenvalue weighted by molar-refractivity contribution is 0.0940. The van der Waals surface area contributed by atoms with Crippen LogP contribution in [0.15, 0.2) is 48.8 Å². The van der Waals surface area contributed by atoms with Crippen LogP contribution in [0.25, 0.3) is 0 Å². The Morgan fingerprint density at radius 1 is 1.33 bits per heavy atom. The lowest BCUT2D eigenvalue weighted by atomic mass is 10.1. The van der Waals surface area contributed by atoms with Gasteiger partial charge in [-0.05, 0) is 43.7 Å². The van der Waals surface area contributed by atoms with E-state index in [1.54, 1.807) is 6.20 Å². The third-order valence-corrected chi connectivity index (χ3v) is 3.74. The highest BCUT2D eigenvalue weighted by Crippen LogP contribution is 2.08. The number of aromatic amines is 1. The molecule has 6 heteroatoms. The third-order valence-electron chi connectivity index (χ3n) is 3.74. The first-order chi connectivity index (χ1) is 11.6. The fourth-order valence-corrected chi connectivity index (χ4v) is 2.64. The minimum Gasteiger partial charge on any atom is -0.349 e. The molecule has 3 aromatic rings. The Morgan fingerprint density at radius 2 is 2.21 bits per heavy atom. The molecule has 0 aliphatic carbocycles. The van der Waals surface area contributed by atoms with Crippen LogP contribution >= 0.6 is 0 Å². The number of nitrogens with zero attached hydrogens (tertiary/aromatic N) is 3. The standard InChI is InChI=1S/C18H21N5O/c1-13(9-17-10-14(2)21-22-17)20-18(24)16-6-3-5-15(11-16)12-23-8-4-7-19-23/h3-8,10-11,13H,9,12H2,1-2H3,(H,20,24)(H,21,22). The van der Waals surface area contributed by atoms with Crippen LogP contribution in [-0.2, 0) is 13.0 Å². The van der Waals surface area contributed by atoms with Crippen molar-refractivity contribution in [2.45, 2.75) is 32.9 Å². The Labute approximate surface area is 140 Å². The van der Waals surface area contributed by atoms with Crippen molar-refractivity contribution < 1.29 is 4.79 Å². The number of benzene rings is 1. The van der Waals surface area contributed by atoms with Gasteiger partial charge in [0.25, 0.3) is 5.91 Å². The van der Waals surface area contributed by atoms with E-state index in [-0.39, 0.29) is 11.9 Å². The number of carbonyl (C=O) groups excluding carboxylic acids is 1. The van der Waals surface area contributed by atoms with Gasteiger partial charge in [0.2, 0.25) is 0 Å². The lowest BCUT2D eigenvalue weighted by Gasteiger charge is -2.13. The van der Waals surface area contributed by atoms with Gasteiger partial charge >= 0.3 is 0 Å². The molecule has 2 heterocycles. The normalized spacial score (nSPS) is 12.1. The molecule has 0 spiro atoms. The number of rotatable bonds is 6. The van der Waals surface area contributed by atoms with Crippen molar-refractivity contribution in [1.82, 2.24) is 25.3 Å². The van der Waals surface area contributed by atoms with Gasteiger partial charge in [-0.2, -0.15) is 10.2 Å². The fourth-order valence-electron chi connectivity index (χ4n) is 2.64. The summed E-state index contributed by atoms with van der Waals surface area (Å²) in [6, 6.07) is 11.5. The first-order valence-electron chi connectivity index (χ1n) is 7.98. The molecule has 0 radical (unpaired) electrons. The van der Waals surface area contributed by atoms with E-state index in [1.165, 1.54) is 0 Å². The van der Waals surface area contributed by atoms with Crippen molar-refractivity contribution in [3.63, 3.8) is 0 Å². The van der Waals surface area contributed by atoms with Crippen LogP contribution in [0.2, 0.25) is 0 Å². The number of H-pyrrole nitrogens is 1. The van der Waals surface area contributed by atoms with Crippen molar-refractivity contribution in [3.8, 4) is 0 Å². The molecule has 2 N–H and O–H groups in total. The average molecular weight is 323 g/mol. The second kappa shape index (κ2) is 7.12. The summed E-state index contributed by atoms with van der Waals surface area (Å²) in [5, 5.41) is 14.3. The monoisotopic (exact) mass is 323 g/mol. The molecule has 24 heavy (non-hydrogen) atoms. The second-order valence-corrected chi connectivity index (χ2v) is 6.02. The quantitative estimate of drug-likeness (QED) is 0.731. The van der Waals surface area contributed by atoms with Gasteiger partial charge in [-0.25, -0.2) is 0 Å². The van der Waals surface area contributed by atoms with Crippen molar-refractivity contribution in [2.75, 3.05) is 0 Å². The highest BCUT2D eigenvalue weighted by atomic mass is 16.1. The molecule has 0 bridgehead atoms. The summed E-state index contributed by atoms with van der Waals surface area (Å²) in [4.78, 5) is 12.4. The summed E-state index contributed by atoms with van der Waals surface area (Å²) in [5.41, 5.74) is 3.68. The zero-order chi connectivity index (χ0) is 16.9. The van der Waals surface area contributed by atoms with Crippen LogP contribution in [0, 0.1) is 6.92 Å². The second-order valence-electron chi connectivity index (χ2n) is 6.02. The van der Waals surface area contributed by atoms with Gasteiger partial charge in [-0.3, -0.25) is 14.6 Å². The van der Waals surface area contributed by atoms with Crippen LogP contribution in [0.5, 0.6) is 0 Å². The topological polar surface area (TPSA) is 75.6 Å². The molecule has 0 aliphatic heterocycles. The van der Waals surface area contributed by atoms with Gasteiger partial charge in [0.05, 0.1) is 12.2 Å². The summed E-state index contributed by atoms with van der Waals surface area (Å²) in [6.45, 7) is 4.59. The molecule has 1 atom stereocenters. The molecular formula is C18H21N5O. The zero-order valence-corrected chi connectivity index (χ0v) is 13.9. The predicted molar refractivity (Wildman–Crippen MR) is 91.7 cm³/mol. The number of amides is 1. The Balaban J connectivity index is 1.62. The maximum Gasteiger partial charge on any atom is 0.251 e. The maximum atomic E-state index is 12.4. The first kappa shape index (κ1) is 16.0. The molecular weight excluding hydrogens is 302 g/mol. The molecule has 0 fully saturated rings.